The van der Waals surface area contributed by atoms with Gasteiger partial charge in [-0.05, 0) is 13.3 Å². The zero-order chi connectivity index (χ0) is 26.1. The lowest BCUT2D eigenvalue weighted by Crippen LogP contribution is -2.56. The number of piperazine rings is 1. The Hall–Kier alpha value is -4.22. The van der Waals surface area contributed by atoms with E-state index in [-0.39, 0.29) is 51.3 Å². The van der Waals surface area contributed by atoms with Gasteiger partial charge in [-0.2, -0.15) is 0 Å². The quantitative estimate of drug-likeness (QED) is 0.466. The summed E-state index contributed by atoms with van der Waals surface area (Å²) in [5.74, 6) is -1.38. The number of carbonyl (C=O) groups is 4. The van der Waals surface area contributed by atoms with Gasteiger partial charge in [-0.15, -0.1) is 0 Å². The molecule has 1 aliphatic rings. The van der Waals surface area contributed by atoms with Crippen LogP contribution in [0.3, 0.4) is 0 Å². The molecule has 192 valence electrons. The fraction of sp³-hybridized carbons (Fsp3) is 0.417. The standard InChI is InChI=1S/C24H30N6O6/c1-3-36-24(35)30-13-11-29(12-14-30)23(34)17(9-10-20(31)32)27-22(33)18-15-19(25-2)28-21(26-18)16-7-5-4-6-8-16/h4-8,15,17H,3,9-14H2,1-2H3,(H,27,33)(H,31,32)(H,25,26,28)/t17-/m0/s1. The minimum atomic E-state index is -1.08. The average Bonchev–Trinajstić information content (AvgIpc) is 2.90. The number of anilines is 1. The molecule has 12 nitrogen and oxygen atoms in total. The Morgan fingerprint density at radius 2 is 1.72 bits per heavy atom. The van der Waals surface area contributed by atoms with E-state index in [9.17, 15) is 19.2 Å². The molecule has 1 atom stereocenters. The van der Waals surface area contributed by atoms with Crippen molar-refractivity contribution in [3.05, 3.63) is 42.1 Å². The molecule has 1 aromatic carbocycles. The molecule has 36 heavy (non-hydrogen) atoms. The van der Waals surface area contributed by atoms with Crippen LogP contribution in [0.25, 0.3) is 11.4 Å². The highest BCUT2D eigenvalue weighted by atomic mass is 16.6. The Labute approximate surface area is 208 Å². The summed E-state index contributed by atoms with van der Waals surface area (Å²) in [6, 6.07) is 9.51. The van der Waals surface area contributed by atoms with E-state index in [1.54, 1.807) is 14.0 Å². The van der Waals surface area contributed by atoms with Gasteiger partial charge in [-0.25, -0.2) is 14.8 Å². The summed E-state index contributed by atoms with van der Waals surface area (Å²) in [5.41, 5.74) is 0.745. The molecule has 0 bridgehead atoms. The number of nitrogens with zero attached hydrogens (tertiary/aromatic N) is 4. The second-order valence-electron chi connectivity index (χ2n) is 8.05. The number of aromatic nitrogens is 2. The SMILES string of the molecule is CCOC(=O)N1CCN(C(=O)[C@H](CCC(=O)O)NC(=O)c2cc(NC)nc(-c3ccccc3)n2)CC1. The van der Waals surface area contributed by atoms with Crippen LogP contribution in [-0.2, 0) is 14.3 Å². The average molecular weight is 499 g/mol. The van der Waals surface area contributed by atoms with Crippen LogP contribution in [0.1, 0.15) is 30.3 Å². The van der Waals surface area contributed by atoms with Crippen LogP contribution in [0.4, 0.5) is 10.6 Å². The van der Waals surface area contributed by atoms with Crippen LogP contribution in [0.2, 0.25) is 0 Å². The van der Waals surface area contributed by atoms with Crippen LogP contribution in [0.5, 0.6) is 0 Å². The normalized spacial score (nSPS) is 14.1. The third-order valence-electron chi connectivity index (χ3n) is 5.61. The van der Waals surface area contributed by atoms with E-state index < -0.39 is 29.9 Å². The Kier molecular flexibility index (Phi) is 9.14. The maximum Gasteiger partial charge on any atom is 0.409 e. The number of rotatable bonds is 9. The molecule has 1 aromatic heterocycles. The number of carboxylic acid groups (broad SMARTS) is 1. The van der Waals surface area contributed by atoms with Gasteiger partial charge in [0.2, 0.25) is 5.91 Å². The molecule has 0 radical (unpaired) electrons. The maximum atomic E-state index is 13.2. The van der Waals surface area contributed by atoms with Gasteiger partial charge in [-0.1, -0.05) is 30.3 Å². The number of carbonyl (C=O) groups excluding carboxylic acids is 3. The van der Waals surface area contributed by atoms with Gasteiger partial charge in [0, 0.05) is 51.3 Å². The van der Waals surface area contributed by atoms with Crippen molar-refractivity contribution in [2.75, 3.05) is 45.2 Å². The molecule has 0 aliphatic carbocycles. The molecule has 0 spiro atoms. The molecular weight excluding hydrogens is 468 g/mol. The van der Waals surface area contributed by atoms with Crippen molar-refractivity contribution in [1.82, 2.24) is 25.1 Å². The predicted molar refractivity (Wildman–Crippen MR) is 130 cm³/mol. The van der Waals surface area contributed by atoms with Crippen LogP contribution in [-0.4, -0.2) is 94.6 Å². The molecule has 1 aliphatic heterocycles. The first-order valence-electron chi connectivity index (χ1n) is 11.7. The number of aliphatic carboxylic acids is 1. The highest BCUT2D eigenvalue weighted by Gasteiger charge is 2.31. The van der Waals surface area contributed by atoms with Crippen LogP contribution in [0.15, 0.2) is 36.4 Å². The lowest BCUT2D eigenvalue weighted by Gasteiger charge is -2.35. The van der Waals surface area contributed by atoms with Crippen molar-refractivity contribution in [3.8, 4) is 11.4 Å². The minimum Gasteiger partial charge on any atom is -0.481 e. The summed E-state index contributed by atoms with van der Waals surface area (Å²) in [6.45, 7) is 3.02. The lowest BCUT2D eigenvalue weighted by atomic mass is 10.1. The number of nitrogens with one attached hydrogen (secondary N) is 2. The highest BCUT2D eigenvalue weighted by Crippen LogP contribution is 2.18. The first-order valence-corrected chi connectivity index (χ1v) is 11.7. The Morgan fingerprint density at radius 1 is 1.06 bits per heavy atom. The molecular formula is C24H30N6O6. The summed E-state index contributed by atoms with van der Waals surface area (Å²) < 4.78 is 5.00. The molecule has 2 aromatic rings. The molecule has 3 rings (SSSR count). The summed E-state index contributed by atoms with van der Waals surface area (Å²) in [4.78, 5) is 61.3. The van der Waals surface area contributed by atoms with E-state index in [1.807, 2.05) is 30.3 Å². The van der Waals surface area contributed by atoms with Crippen molar-refractivity contribution in [2.24, 2.45) is 0 Å². The summed E-state index contributed by atoms with van der Waals surface area (Å²) in [6.07, 6.45) is -0.841. The van der Waals surface area contributed by atoms with Crippen molar-refractivity contribution < 1.29 is 29.0 Å². The summed E-state index contributed by atoms with van der Waals surface area (Å²) in [5, 5.41) is 14.7. The number of hydrogen-bond donors (Lipinski definition) is 3. The first-order chi connectivity index (χ1) is 17.3. The van der Waals surface area contributed by atoms with Crippen molar-refractivity contribution in [2.45, 2.75) is 25.8 Å². The number of hydrogen-bond acceptors (Lipinski definition) is 8. The van der Waals surface area contributed by atoms with Crippen LogP contribution in [0, 0.1) is 0 Å². The molecule has 1 fully saturated rings. The lowest BCUT2D eigenvalue weighted by molar-refractivity contribution is -0.138. The zero-order valence-corrected chi connectivity index (χ0v) is 20.3. The molecule has 2 heterocycles. The summed E-state index contributed by atoms with van der Waals surface area (Å²) >= 11 is 0. The Bertz CT molecular complexity index is 1090. The minimum absolute atomic E-state index is 0.0356. The largest absolute Gasteiger partial charge is 0.481 e. The maximum absolute atomic E-state index is 13.2. The fourth-order valence-electron chi connectivity index (χ4n) is 3.71. The highest BCUT2D eigenvalue weighted by molar-refractivity contribution is 5.97. The van der Waals surface area contributed by atoms with Gasteiger partial charge >= 0.3 is 12.1 Å². The second-order valence-corrected chi connectivity index (χ2v) is 8.05. The zero-order valence-electron chi connectivity index (χ0n) is 20.3. The van der Waals surface area contributed by atoms with Crippen molar-refractivity contribution in [3.63, 3.8) is 0 Å². The number of amides is 3. The van der Waals surface area contributed by atoms with Gasteiger partial charge in [-0.3, -0.25) is 14.4 Å². The van der Waals surface area contributed by atoms with Crippen molar-refractivity contribution >= 4 is 29.7 Å². The topological polar surface area (TPSA) is 154 Å². The number of carboxylic acids is 1. The molecule has 0 unspecified atom stereocenters. The summed E-state index contributed by atoms with van der Waals surface area (Å²) in [7, 11) is 1.66. The monoisotopic (exact) mass is 498 g/mol. The molecule has 12 heteroatoms. The van der Waals surface area contributed by atoms with Gasteiger partial charge in [0.1, 0.15) is 17.6 Å². The molecule has 3 amide bonds. The van der Waals surface area contributed by atoms with E-state index in [2.05, 4.69) is 20.6 Å². The van der Waals surface area contributed by atoms with E-state index in [4.69, 9.17) is 9.84 Å². The number of ether oxygens (including phenoxy) is 1. The Balaban J connectivity index is 1.76. The third kappa shape index (κ3) is 6.90. The van der Waals surface area contributed by atoms with E-state index in [0.29, 0.717) is 17.2 Å². The second kappa shape index (κ2) is 12.5. The molecule has 1 saturated heterocycles. The van der Waals surface area contributed by atoms with Crippen LogP contribution < -0.4 is 10.6 Å². The van der Waals surface area contributed by atoms with E-state index in [0.717, 1.165) is 0 Å². The van der Waals surface area contributed by atoms with Crippen molar-refractivity contribution in [1.29, 1.82) is 0 Å². The smallest absolute Gasteiger partial charge is 0.409 e. The fourth-order valence-corrected chi connectivity index (χ4v) is 3.71. The predicted octanol–water partition coefficient (Wildman–Crippen LogP) is 1.45. The molecule has 0 saturated carbocycles. The first kappa shape index (κ1) is 26.4. The van der Waals surface area contributed by atoms with Crippen LogP contribution >= 0.6 is 0 Å². The van der Waals surface area contributed by atoms with E-state index in [1.165, 1.54) is 15.9 Å². The number of benzene rings is 1. The van der Waals surface area contributed by atoms with E-state index >= 15 is 0 Å². The van der Waals surface area contributed by atoms with Gasteiger partial charge in [0.25, 0.3) is 5.91 Å². The molecule has 3 N–H and O–H groups in total. The van der Waals surface area contributed by atoms with Gasteiger partial charge < -0.3 is 30.3 Å². The third-order valence-corrected chi connectivity index (χ3v) is 5.61. The van der Waals surface area contributed by atoms with Gasteiger partial charge in [0.15, 0.2) is 5.82 Å². The Morgan fingerprint density at radius 3 is 2.33 bits per heavy atom. The van der Waals surface area contributed by atoms with Gasteiger partial charge in [0.05, 0.1) is 6.61 Å².